The van der Waals surface area contributed by atoms with Crippen LogP contribution in [0.5, 0.6) is 0 Å². The summed E-state index contributed by atoms with van der Waals surface area (Å²) in [4.78, 5) is 23.7. The van der Waals surface area contributed by atoms with E-state index in [1.165, 1.54) is 0 Å². The Bertz CT molecular complexity index is 461. The fourth-order valence-corrected chi connectivity index (χ4v) is 1.64. The first-order valence-electron chi connectivity index (χ1n) is 4.75. The van der Waals surface area contributed by atoms with E-state index < -0.39 is 18.0 Å². The molecule has 4 heteroatoms. The monoisotopic (exact) mass is 215 g/mol. The average molecular weight is 215 g/mol. The van der Waals surface area contributed by atoms with Crippen molar-refractivity contribution in [3.05, 3.63) is 35.9 Å². The molecule has 2 rings (SSSR count). The van der Waals surface area contributed by atoms with Crippen molar-refractivity contribution in [3.8, 4) is 12.3 Å². The maximum Gasteiger partial charge on any atom is 0.418 e. The van der Waals surface area contributed by atoms with Crippen molar-refractivity contribution in [2.45, 2.75) is 6.04 Å². The molecule has 1 aromatic rings. The van der Waals surface area contributed by atoms with Crippen molar-refractivity contribution in [1.29, 1.82) is 0 Å². The summed E-state index contributed by atoms with van der Waals surface area (Å²) in [7, 11) is 0. The zero-order valence-electron chi connectivity index (χ0n) is 8.42. The third-order valence-electron chi connectivity index (χ3n) is 2.40. The predicted octanol–water partition coefficient (Wildman–Crippen LogP) is 1.34. The topological polar surface area (TPSA) is 46.6 Å². The third kappa shape index (κ3) is 1.63. The van der Waals surface area contributed by atoms with E-state index in [4.69, 9.17) is 11.2 Å². The van der Waals surface area contributed by atoms with Crippen LogP contribution >= 0.6 is 0 Å². The van der Waals surface area contributed by atoms with Crippen LogP contribution in [0.15, 0.2) is 30.3 Å². The molecule has 1 saturated heterocycles. The molecule has 0 saturated carbocycles. The highest BCUT2D eigenvalue weighted by atomic mass is 16.6. The molecular formula is C12H9NO3. The number of hydrogen-bond acceptors (Lipinski definition) is 3. The molecule has 0 bridgehead atoms. The molecule has 2 amide bonds. The van der Waals surface area contributed by atoms with Crippen molar-refractivity contribution in [2.24, 2.45) is 0 Å². The SMILES string of the molecule is C#CC(=O)N1C(=O)OC[C@H]1c1ccccc1. The molecule has 80 valence electrons. The molecule has 0 aromatic heterocycles. The molecule has 0 radical (unpaired) electrons. The van der Waals surface area contributed by atoms with E-state index in [0.717, 1.165) is 10.5 Å². The zero-order chi connectivity index (χ0) is 11.5. The number of hydrogen-bond donors (Lipinski definition) is 0. The Balaban J connectivity index is 2.32. The molecule has 1 aromatic carbocycles. The van der Waals surface area contributed by atoms with Gasteiger partial charge in [-0.15, -0.1) is 6.42 Å². The van der Waals surface area contributed by atoms with Gasteiger partial charge in [0, 0.05) is 0 Å². The molecule has 0 N–H and O–H groups in total. The van der Waals surface area contributed by atoms with Gasteiger partial charge in [-0.05, 0) is 11.5 Å². The number of carbonyl (C=O) groups is 2. The van der Waals surface area contributed by atoms with Gasteiger partial charge >= 0.3 is 12.0 Å². The standard InChI is InChI=1S/C12H9NO3/c1-2-11(14)13-10(8-16-12(13)15)9-6-4-3-5-7-9/h1,3-7,10H,8H2/t10-/m0/s1. The number of rotatable bonds is 1. The maximum atomic E-state index is 11.4. The molecule has 4 nitrogen and oxygen atoms in total. The molecule has 1 aliphatic rings. The van der Waals surface area contributed by atoms with E-state index in [2.05, 4.69) is 0 Å². The Labute approximate surface area is 92.8 Å². The van der Waals surface area contributed by atoms with Crippen LogP contribution in [0.3, 0.4) is 0 Å². The highest BCUT2D eigenvalue weighted by molar-refractivity contribution is 6.03. The molecule has 16 heavy (non-hydrogen) atoms. The van der Waals surface area contributed by atoms with Gasteiger partial charge in [0.25, 0.3) is 0 Å². The zero-order valence-corrected chi connectivity index (χ0v) is 8.42. The van der Waals surface area contributed by atoms with E-state index in [9.17, 15) is 9.59 Å². The lowest BCUT2D eigenvalue weighted by Crippen LogP contribution is -2.32. The van der Waals surface area contributed by atoms with Crippen LogP contribution < -0.4 is 0 Å². The number of cyclic esters (lactones) is 1. The first-order valence-corrected chi connectivity index (χ1v) is 4.75. The van der Waals surface area contributed by atoms with Crippen LogP contribution in [-0.4, -0.2) is 23.5 Å². The predicted molar refractivity (Wildman–Crippen MR) is 56.2 cm³/mol. The van der Waals surface area contributed by atoms with Crippen LogP contribution in [0.25, 0.3) is 0 Å². The average Bonchev–Trinajstić information content (AvgIpc) is 2.71. The molecule has 1 atom stereocenters. The van der Waals surface area contributed by atoms with Crippen LogP contribution in [0, 0.1) is 12.3 Å². The van der Waals surface area contributed by atoms with Gasteiger partial charge in [0.05, 0.1) is 0 Å². The summed E-state index contributed by atoms with van der Waals surface area (Å²) in [6, 6.07) is 8.74. The van der Waals surface area contributed by atoms with Crippen molar-refractivity contribution in [3.63, 3.8) is 0 Å². The Morgan fingerprint density at radius 3 is 2.75 bits per heavy atom. The highest BCUT2D eigenvalue weighted by Gasteiger charge is 2.38. The lowest BCUT2D eigenvalue weighted by Gasteiger charge is -2.16. The Morgan fingerprint density at radius 1 is 1.44 bits per heavy atom. The van der Waals surface area contributed by atoms with Gasteiger partial charge in [-0.2, -0.15) is 0 Å². The number of benzene rings is 1. The van der Waals surface area contributed by atoms with Crippen molar-refractivity contribution < 1.29 is 14.3 Å². The molecule has 0 spiro atoms. The Hall–Kier alpha value is -2.28. The number of ether oxygens (including phenoxy) is 1. The first-order chi connectivity index (χ1) is 7.74. The quantitative estimate of drug-likeness (QED) is 0.664. The minimum absolute atomic E-state index is 0.149. The molecular weight excluding hydrogens is 206 g/mol. The normalized spacial score (nSPS) is 19.1. The minimum atomic E-state index is -0.684. The van der Waals surface area contributed by atoms with Gasteiger partial charge in [0.2, 0.25) is 0 Å². The van der Waals surface area contributed by atoms with E-state index >= 15 is 0 Å². The van der Waals surface area contributed by atoms with Gasteiger partial charge in [-0.3, -0.25) is 4.79 Å². The smallest absolute Gasteiger partial charge is 0.418 e. The van der Waals surface area contributed by atoms with Crippen molar-refractivity contribution in [1.82, 2.24) is 4.90 Å². The first kappa shape index (κ1) is 10.2. The minimum Gasteiger partial charge on any atom is -0.446 e. The summed E-state index contributed by atoms with van der Waals surface area (Å²) in [6.45, 7) is 0.149. The van der Waals surface area contributed by atoms with Gasteiger partial charge in [-0.25, -0.2) is 9.69 Å². The van der Waals surface area contributed by atoms with Gasteiger partial charge in [0.15, 0.2) is 0 Å². The number of amides is 2. The van der Waals surface area contributed by atoms with Crippen LogP contribution in [0.2, 0.25) is 0 Å². The number of terminal acetylenes is 1. The van der Waals surface area contributed by atoms with Crippen molar-refractivity contribution in [2.75, 3.05) is 6.61 Å². The number of imide groups is 1. The van der Waals surface area contributed by atoms with Crippen LogP contribution in [-0.2, 0) is 9.53 Å². The maximum absolute atomic E-state index is 11.4. The largest absolute Gasteiger partial charge is 0.446 e. The molecule has 1 heterocycles. The molecule has 0 unspecified atom stereocenters. The van der Waals surface area contributed by atoms with E-state index in [1.54, 1.807) is 0 Å². The molecule has 1 fully saturated rings. The lowest BCUT2D eigenvalue weighted by molar-refractivity contribution is -0.123. The van der Waals surface area contributed by atoms with E-state index in [0.29, 0.717) is 0 Å². The van der Waals surface area contributed by atoms with E-state index in [1.807, 2.05) is 36.3 Å². The van der Waals surface area contributed by atoms with Gasteiger partial charge in [-0.1, -0.05) is 30.3 Å². The van der Waals surface area contributed by atoms with Gasteiger partial charge < -0.3 is 4.74 Å². The fraction of sp³-hybridized carbons (Fsp3) is 0.167. The summed E-state index contributed by atoms with van der Waals surface area (Å²) < 4.78 is 4.83. The number of nitrogens with zero attached hydrogens (tertiary/aromatic N) is 1. The summed E-state index contributed by atoms with van der Waals surface area (Å²) in [5, 5.41) is 0. The lowest BCUT2D eigenvalue weighted by atomic mass is 10.1. The van der Waals surface area contributed by atoms with Crippen LogP contribution in [0.4, 0.5) is 4.79 Å². The molecule has 0 aliphatic carbocycles. The second kappa shape index (κ2) is 4.07. The van der Waals surface area contributed by atoms with Crippen molar-refractivity contribution >= 4 is 12.0 Å². The summed E-state index contributed by atoms with van der Waals surface area (Å²) in [6.07, 6.45) is 4.32. The fourth-order valence-electron chi connectivity index (χ4n) is 1.64. The highest BCUT2D eigenvalue weighted by Crippen LogP contribution is 2.27. The van der Waals surface area contributed by atoms with E-state index in [-0.39, 0.29) is 6.61 Å². The second-order valence-electron chi connectivity index (χ2n) is 3.32. The van der Waals surface area contributed by atoms with Gasteiger partial charge in [0.1, 0.15) is 12.6 Å². The van der Waals surface area contributed by atoms with Crippen LogP contribution in [0.1, 0.15) is 11.6 Å². The Kier molecular flexibility index (Phi) is 2.61. The third-order valence-corrected chi connectivity index (χ3v) is 2.40. The summed E-state index contributed by atoms with van der Waals surface area (Å²) in [5.74, 6) is 1.25. The molecule has 1 aliphatic heterocycles. The summed E-state index contributed by atoms with van der Waals surface area (Å²) >= 11 is 0. The summed E-state index contributed by atoms with van der Waals surface area (Å²) in [5.41, 5.74) is 0.831. The number of carbonyl (C=O) groups excluding carboxylic acids is 2. The second-order valence-corrected chi connectivity index (χ2v) is 3.32. The Morgan fingerprint density at radius 2 is 2.12 bits per heavy atom.